The number of nitrogens with zero attached hydrogens (tertiary/aromatic N) is 3. The first-order chi connectivity index (χ1) is 14.4. The van der Waals surface area contributed by atoms with E-state index < -0.39 is 5.91 Å². The normalized spacial score (nSPS) is 13.0. The van der Waals surface area contributed by atoms with E-state index in [9.17, 15) is 9.59 Å². The monoisotopic (exact) mass is 477 g/mol. The van der Waals surface area contributed by atoms with Crippen LogP contribution in [0.25, 0.3) is 0 Å². The topological polar surface area (TPSA) is 53.5 Å². The number of hydrogen-bond donors (Lipinski definition) is 0. The average Bonchev–Trinajstić information content (AvgIpc) is 3.41. The molecule has 9 heteroatoms. The fourth-order valence-electron chi connectivity index (χ4n) is 2.96. The van der Waals surface area contributed by atoms with Gasteiger partial charge in [0, 0.05) is 28.5 Å². The zero-order valence-corrected chi connectivity index (χ0v) is 18.5. The van der Waals surface area contributed by atoms with Gasteiger partial charge in [-0.1, -0.05) is 47.0 Å². The van der Waals surface area contributed by atoms with E-state index in [4.69, 9.17) is 34.8 Å². The van der Waals surface area contributed by atoms with Crippen LogP contribution in [0.5, 0.6) is 0 Å². The van der Waals surface area contributed by atoms with Crippen molar-refractivity contribution in [1.82, 2.24) is 9.88 Å². The lowest BCUT2D eigenvalue weighted by Gasteiger charge is -2.21. The smallest absolute Gasteiger partial charge is 0.273 e. The van der Waals surface area contributed by atoms with Crippen LogP contribution in [-0.4, -0.2) is 34.8 Å². The maximum Gasteiger partial charge on any atom is 0.273 e. The Balaban J connectivity index is 1.73. The van der Waals surface area contributed by atoms with Gasteiger partial charge >= 0.3 is 0 Å². The van der Waals surface area contributed by atoms with Crippen molar-refractivity contribution in [3.8, 4) is 0 Å². The molecule has 30 heavy (non-hydrogen) atoms. The Morgan fingerprint density at radius 1 is 0.967 bits per heavy atom. The number of anilines is 2. The third-order valence-electron chi connectivity index (χ3n) is 4.46. The summed E-state index contributed by atoms with van der Waals surface area (Å²) in [5.41, 5.74) is 1.10. The van der Waals surface area contributed by atoms with E-state index in [0.717, 1.165) is 0 Å². The standard InChI is InChI=1S/C21H14Cl3N3O2S/c22-13-3-6-15(7-4-13)27(19(28)16-8-5-14(23)11-17(16)24)21-25-18(12-30-21)20(29)26-9-1-2-10-26/h1-8,11-12H,9-10H2. The Labute approximate surface area is 192 Å². The maximum absolute atomic E-state index is 13.4. The van der Waals surface area contributed by atoms with Gasteiger partial charge in [0.05, 0.1) is 16.3 Å². The lowest BCUT2D eigenvalue weighted by Crippen LogP contribution is -2.29. The highest BCUT2D eigenvalue weighted by Gasteiger charge is 2.27. The van der Waals surface area contributed by atoms with Crippen LogP contribution in [-0.2, 0) is 0 Å². The van der Waals surface area contributed by atoms with Gasteiger partial charge in [-0.3, -0.25) is 14.5 Å². The first-order valence-electron chi connectivity index (χ1n) is 8.89. The highest BCUT2D eigenvalue weighted by Crippen LogP contribution is 2.33. The van der Waals surface area contributed by atoms with Crippen molar-refractivity contribution in [2.75, 3.05) is 18.0 Å². The van der Waals surface area contributed by atoms with Crippen LogP contribution in [0.3, 0.4) is 0 Å². The number of aromatic nitrogens is 1. The van der Waals surface area contributed by atoms with Crippen molar-refractivity contribution in [2.45, 2.75) is 0 Å². The van der Waals surface area contributed by atoms with Crippen LogP contribution >= 0.6 is 46.1 Å². The Hall–Kier alpha value is -2.38. The number of benzene rings is 2. The molecule has 0 bridgehead atoms. The van der Waals surface area contributed by atoms with Crippen molar-refractivity contribution < 1.29 is 9.59 Å². The number of thiazole rings is 1. The van der Waals surface area contributed by atoms with E-state index in [1.807, 2.05) is 12.2 Å². The summed E-state index contributed by atoms with van der Waals surface area (Å²) in [4.78, 5) is 33.6. The van der Waals surface area contributed by atoms with E-state index in [0.29, 0.717) is 34.0 Å². The Bertz CT molecular complexity index is 1140. The molecule has 3 aromatic rings. The number of carbonyl (C=O) groups excluding carboxylic acids is 2. The van der Waals surface area contributed by atoms with Gasteiger partial charge in [-0.05, 0) is 42.5 Å². The first-order valence-corrected chi connectivity index (χ1v) is 10.9. The molecule has 5 nitrogen and oxygen atoms in total. The Kier molecular flexibility index (Phi) is 6.11. The SMILES string of the molecule is O=C(c1csc(N(C(=O)c2ccc(Cl)cc2Cl)c2ccc(Cl)cc2)n1)N1CC=CC1. The molecular formula is C21H14Cl3N3O2S. The molecule has 1 aliphatic rings. The van der Waals surface area contributed by atoms with E-state index >= 15 is 0 Å². The molecule has 0 N–H and O–H groups in total. The van der Waals surface area contributed by atoms with Gasteiger partial charge in [0.15, 0.2) is 5.13 Å². The van der Waals surface area contributed by atoms with Gasteiger partial charge < -0.3 is 4.90 Å². The summed E-state index contributed by atoms with van der Waals surface area (Å²) in [7, 11) is 0. The first kappa shape index (κ1) is 20.9. The molecule has 2 amide bonds. The predicted molar refractivity (Wildman–Crippen MR) is 122 cm³/mol. The van der Waals surface area contributed by atoms with Crippen LogP contribution in [0.15, 0.2) is 60.0 Å². The second-order valence-corrected chi connectivity index (χ2v) is 8.55. The molecule has 1 aromatic heterocycles. The maximum atomic E-state index is 13.4. The largest absolute Gasteiger partial charge is 0.330 e. The van der Waals surface area contributed by atoms with Crippen LogP contribution in [0, 0.1) is 0 Å². The van der Waals surface area contributed by atoms with E-state index in [2.05, 4.69) is 4.98 Å². The molecule has 2 heterocycles. The Morgan fingerprint density at radius 3 is 2.30 bits per heavy atom. The van der Waals surface area contributed by atoms with E-state index in [1.54, 1.807) is 46.7 Å². The summed E-state index contributed by atoms with van der Waals surface area (Å²) in [6.07, 6.45) is 3.86. The number of hydrogen-bond acceptors (Lipinski definition) is 4. The molecule has 1 aliphatic heterocycles. The minimum Gasteiger partial charge on any atom is -0.330 e. The van der Waals surface area contributed by atoms with Crippen molar-refractivity contribution >= 4 is 68.8 Å². The summed E-state index contributed by atoms with van der Waals surface area (Å²) >= 11 is 19.5. The fraction of sp³-hybridized carbons (Fsp3) is 0.0952. The molecule has 152 valence electrons. The third-order valence-corrected chi connectivity index (χ3v) is 6.08. The number of carbonyl (C=O) groups is 2. The predicted octanol–water partition coefficient (Wildman–Crippen LogP) is 6.09. The molecule has 0 spiro atoms. The molecule has 0 radical (unpaired) electrons. The van der Waals surface area contributed by atoms with Crippen LogP contribution < -0.4 is 4.90 Å². The zero-order chi connectivity index (χ0) is 21.3. The molecule has 0 atom stereocenters. The highest BCUT2D eigenvalue weighted by atomic mass is 35.5. The third kappa shape index (κ3) is 4.23. The van der Waals surface area contributed by atoms with Crippen LogP contribution in [0.4, 0.5) is 10.8 Å². The molecule has 0 saturated heterocycles. The summed E-state index contributed by atoms with van der Waals surface area (Å²) in [6, 6.07) is 11.4. The van der Waals surface area contributed by atoms with Gasteiger partial charge in [-0.15, -0.1) is 11.3 Å². The van der Waals surface area contributed by atoms with Gasteiger partial charge in [-0.2, -0.15) is 0 Å². The summed E-state index contributed by atoms with van der Waals surface area (Å²) in [5.74, 6) is -0.578. The minimum atomic E-state index is -0.393. The van der Waals surface area contributed by atoms with E-state index in [-0.39, 0.29) is 22.2 Å². The fourth-order valence-corrected chi connectivity index (χ4v) is 4.39. The molecule has 4 rings (SSSR count). The lowest BCUT2D eigenvalue weighted by atomic mass is 10.2. The number of amides is 2. The van der Waals surface area contributed by atoms with Crippen molar-refractivity contribution in [1.29, 1.82) is 0 Å². The molecule has 0 fully saturated rings. The zero-order valence-electron chi connectivity index (χ0n) is 15.4. The summed E-state index contributed by atoms with van der Waals surface area (Å²) in [6.45, 7) is 1.10. The van der Waals surface area contributed by atoms with E-state index in [1.165, 1.54) is 22.3 Å². The Morgan fingerprint density at radius 2 is 1.63 bits per heavy atom. The van der Waals surface area contributed by atoms with Gasteiger partial charge in [0.2, 0.25) is 0 Å². The van der Waals surface area contributed by atoms with Crippen molar-refractivity contribution in [2.24, 2.45) is 0 Å². The lowest BCUT2D eigenvalue weighted by molar-refractivity contribution is 0.0794. The molecular weight excluding hydrogens is 465 g/mol. The van der Waals surface area contributed by atoms with Crippen molar-refractivity contribution in [3.05, 3.63) is 86.3 Å². The molecule has 0 unspecified atom stereocenters. The molecule has 0 saturated carbocycles. The average molecular weight is 479 g/mol. The van der Waals surface area contributed by atoms with Crippen LogP contribution in [0.2, 0.25) is 15.1 Å². The quantitative estimate of drug-likeness (QED) is 0.426. The number of rotatable bonds is 4. The highest BCUT2D eigenvalue weighted by molar-refractivity contribution is 7.14. The number of halogens is 3. The summed E-state index contributed by atoms with van der Waals surface area (Å²) < 4.78 is 0. The molecule has 0 aliphatic carbocycles. The van der Waals surface area contributed by atoms with Gasteiger partial charge in [-0.25, -0.2) is 4.98 Å². The second-order valence-electron chi connectivity index (χ2n) is 6.44. The van der Waals surface area contributed by atoms with Crippen molar-refractivity contribution in [3.63, 3.8) is 0 Å². The van der Waals surface area contributed by atoms with Crippen LogP contribution in [0.1, 0.15) is 20.8 Å². The van der Waals surface area contributed by atoms with Gasteiger partial charge in [0.1, 0.15) is 5.69 Å². The molecule has 2 aromatic carbocycles. The minimum absolute atomic E-state index is 0.185. The second kappa shape index (κ2) is 8.78. The summed E-state index contributed by atoms with van der Waals surface area (Å²) in [5, 5.41) is 3.19. The van der Waals surface area contributed by atoms with Gasteiger partial charge in [0.25, 0.3) is 11.8 Å².